The maximum absolute atomic E-state index is 5.57. The fourth-order valence-electron chi connectivity index (χ4n) is 3.33. The maximum atomic E-state index is 5.57. The molecule has 0 radical (unpaired) electrons. The smallest absolute Gasteiger partial charge is 0.191 e. The van der Waals surface area contributed by atoms with E-state index in [1.165, 1.54) is 0 Å². The number of nitrogens with one attached hydrogen (secondary N) is 2. The zero-order valence-corrected chi connectivity index (χ0v) is 16.9. The molecule has 2 heterocycles. The topological polar surface area (TPSA) is 65.3 Å². The second-order valence-corrected chi connectivity index (χ2v) is 7.29. The van der Waals surface area contributed by atoms with Gasteiger partial charge in [-0.2, -0.15) is 0 Å². The van der Waals surface area contributed by atoms with E-state index in [1.54, 1.807) is 6.26 Å². The van der Waals surface area contributed by atoms with Crippen LogP contribution in [0.4, 0.5) is 0 Å². The van der Waals surface area contributed by atoms with Gasteiger partial charge in [-0.25, -0.2) is 0 Å². The summed E-state index contributed by atoms with van der Waals surface area (Å²) in [6.45, 7) is 9.78. The van der Waals surface area contributed by atoms with Gasteiger partial charge in [0.15, 0.2) is 5.96 Å². The van der Waals surface area contributed by atoms with Crippen LogP contribution in [0.25, 0.3) is 0 Å². The van der Waals surface area contributed by atoms with Crippen LogP contribution < -0.4 is 10.6 Å². The number of furan rings is 1. The molecule has 1 saturated heterocycles. The summed E-state index contributed by atoms with van der Waals surface area (Å²) in [5.41, 5.74) is 0. The van der Waals surface area contributed by atoms with Crippen molar-refractivity contribution in [3.05, 3.63) is 24.2 Å². The third-order valence-corrected chi connectivity index (χ3v) is 4.94. The minimum absolute atomic E-state index is 0.156. The van der Waals surface area contributed by atoms with Crippen molar-refractivity contribution in [1.29, 1.82) is 0 Å². The Morgan fingerprint density at radius 3 is 2.46 bits per heavy atom. The number of nitrogens with zero attached hydrogens (tertiary/aromatic N) is 3. The molecule has 0 bridgehead atoms. The summed E-state index contributed by atoms with van der Waals surface area (Å²) in [6.07, 6.45) is 1.72. The molecule has 1 fully saturated rings. The van der Waals surface area contributed by atoms with Gasteiger partial charge in [0.05, 0.1) is 25.5 Å². The van der Waals surface area contributed by atoms with Crippen molar-refractivity contribution in [1.82, 2.24) is 20.4 Å². The molecule has 1 aromatic rings. The van der Waals surface area contributed by atoms with Crippen LogP contribution in [0, 0.1) is 5.92 Å². The van der Waals surface area contributed by atoms with Crippen LogP contribution in [0.15, 0.2) is 27.8 Å². The van der Waals surface area contributed by atoms with Crippen molar-refractivity contribution in [2.24, 2.45) is 10.9 Å². The van der Waals surface area contributed by atoms with Gasteiger partial charge in [0.2, 0.25) is 0 Å². The molecule has 26 heavy (non-hydrogen) atoms. The number of likely N-dealkylation sites (N-methyl/N-ethyl adjacent to an activating group) is 1. The van der Waals surface area contributed by atoms with Gasteiger partial charge in [-0.15, -0.1) is 0 Å². The van der Waals surface area contributed by atoms with E-state index >= 15 is 0 Å². The SMILES string of the molecule is CN=C(NCC(c1ccco1)N(C)C)NCC(C(C)C)N1CCOCC1. The Morgan fingerprint density at radius 2 is 1.92 bits per heavy atom. The summed E-state index contributed by atoms with van der Waals surface area (Å²) in [4.78, 5) is 9.04. The third kappa shape index (κ3) is 6.00. The summed E-state index contributed by atoms with van der Waals surface area (Å²) < 4.78 is 11.1. The zero-order valence-electron chi connectivity index (χ0n) is 16.9. The summed E-state index contributed by atoms with van der Waals surface area (Å²) in [6, 6.07) is 4.56. The molecule has 0 aromatic carbocycles. The van der Waals surface area contributed by atoms with Crippen LogP contribution in [-0.2, 0) is 4.74 Å². The van der Waals surface area contributed by atoms with Gasteiger partial charge < -0.3 is 19.8 Å². The van der Waals surface area contributed by atoms with Crippen LogP contribution >= 0.6 is 0 Å². The van der Waals surface area contributed by atoms with Crippen molar-refractivity contribution < 1.29 is 9.15 Å². The molecule has 0 spiro atoms. The van der Waals surface area contributed by atoms with Gasteiger partial charge in [0.1, 0.15) is 5.76 Å². The Labute approximate surface area is 157 Å². The molecule has 2 atom stereocenters. The molecule has 2 N–H and O–H groups in total. The number of hydrogen-bond donors (Lipinski definition) is 2. The quantitative estimate of drug-likeness (QED) is 0.536. The van der Waals surface area contributed by atoms with Gasteiger partial charge >= 0.3 is 0 Å². The Morgan fingerprint density at radius 1 is 1.23 bits per heavy atom. The molecular formula is C19H35N5O2. The van der Waals surface area contributed by atoms with Crippen molar-refractivity contribution in [3.63, 3.8) is 0 Å². The Kier molecular flexibility index (Phi) is 8.41. The Bertz CT molecular complexity index is 524. The first kappa shape index (κ1) is 20.7. The van der Waals surface area contributed by atoms with E-state index in [0.29, 0.717) is 12.0 Å². The van der Waals surface area contributed by atoms with Crippen molar-refractivity contribution >= 4 is 5.96 Å². The molecule has 0 amide bonds. The normalized spacial score (nSPS) is 19.0. The number of guanidine groups is 1. The highest BCUT2D eigenvalue weighted by Gasteiger charge is 2.24. The van der Waals surface area contributed by atoms with Crippen LogP contribution in [0.1, 0.15) is 25.6 Å². The van der Waals surface area contributed by atoms with E-state index in [4.69, 9.17) is 9.15 Å². The molecule has 2 rings (SSSR count). The van der Waals surface area contributed by atoms with E-state index in [0.717, 1.165) is 51.1 Å². The number of hydrogen-bond acceptors (Lipinski definition) is 5. The van der Waals surface area contributed by atoms with Gasteiger partial charge in [-0.05, 0) is 32.1 Å². The highest BCUT2D eigenvalue weighted by atomic mass is 16.5. The van der Waals surface area contributed by atoms with Crippen LogP contribution in [0.5, 0.6) is 0 Å². The maximum Gasteiger partial charge on any atom is 0.191 e. The van der Waals surface area contributed by atoms with E-state index in [-0.39, 0.29) is 6.04 Å². The number of rotatable bonds is 8. The zero-order chi connectivity index (χ0) is 18.9. The van der Waals surface area contributed by atoms with Gasteiger partial charge in [-0.3, -0.25) is 14.8 Å². The van der Waals surface area contributed by atoms with E-state index in [1.807, 2.05) is 19.2 Å². The fraction of sp³-hybridized carbons (Fsp3) is 0.737. The lowest BCUT2D eigenvalue weighted by atomic mass is 10.0. The largest absolute Gasteiger partial charge is 0.468 e. The molecule has 7 heteroatoms. The third-order valence-electron chi connectivity index (χ3n) is 4.94. The average molecular weight is 366 g/mol. The first-order valence-electron chi connectivity index (χ1n) is 9.49. The lowest BCUT2D eigenvalue weighted by Gasteiger charge is -2.37. The van der Waals surface area contributed by atoms with Crippen molar-refractivity contribution in [2.75, 3.05) is 60.5 Å². The van der Waals surface area contributed by atoms with Crippen molar-refractivity contribution in [2.45, 2.75) is 25.9 Å². The monoisotopic (exact) mass is 365 g/mol. The highest BCUT2D eigenvalue weighted by molar-refractivity contribution is 5.79. The second-order valence-electron chi connectivity index (χ2n) is 7.29. The Balaban J connectivity index is 1.87. The number of aliphatic imine (C=N–C) groups is 1. The number of ether oxygens (including phenoxy) is 1. The molecule has 2 unspecified atom stereocenters. The molecule has 0 saturated carbocycles. The van der Waals surface area contributed by atoms with Crippen LogP contribution in [-0.4, -0.2) is 82.3 Å². The van der Waals surface area contributed by atoms with Gasteiger partial charge in [0, 0.05) is 39.3 Å². The van der Waals surface area contributed by atoms with E-state index in [2.05, 4.69) is 53.4 Å². The molecule has 1 aliphatic heterocycles. The molecule has 0 aliphatic carbocycles. The minimum Gasteiger partial charge on any atom is -0.468 e. The van der Waals surface area contributed by atoms with Gasteiger partial charge in [0.25, 0.3) is 0 Å². The lowest BCUT2D eigenvalue weighted by molar-refractivity contribution is 0.00752. The summed E-state index contributed by atoms with van der Waals surface area (Å²) >= 11 is 0. The number of morpholine rings is 1. The minimum atomic E-state index is 0.156. The highest BCUT2D eigenvalue weighted by Crippen LogP contribution is 2.17. The molecule has 148 valence electrons. The average Bonchev–Trinajstić information content (AvgIpc) is 3.15. The lowest BCUT2D eigenvalue weighted by Crippen LogP contribution is -2.53. The first-order valence-corrected chi connectivity index (χ1v) is 9.49. The molecular weight excluding hydrogens is 330 g/mol. The Hall–Kier alpha value is -1.57. The van der Waals surface area contributed by atoms with Gasteiger partial charge in [-0.1, -0.05) is 13.8 Å². The fourth-order valence-corrected chi connectivity index (χ4v) is 3.33. The second kappa shape index (κ2) is 10.5. The van der Waals surface area contributed by atoms with Crippen LogP contribution in [0.3, 0.4) is 0 Å². The molecule has 1 aromatic heterocycles. The summed E-state index contributed by atoms with van der Waals surface area (Å²) in [5, 5.41) is 6.93. The molecule has 7 nitrogen and oxygen atoms in total. The standard InChI is InChI=1S/C19H35N5O2/c1-15(2)16(24-8-11-25-12-9-24)13-21-19(20-3)22-14-17(23(4)5)18-7-6-10-26-18/h6-7,10,15-17H,8-9,11-14H2,1-5H3,(H2,20,21,22). The van der Waals surface area contributed by atoms with Crippen LogP contribution in [0.2, 0.25) is 0 Å². The van der Waals surface area contributed by atoms with Crippen molar-refractivity contribution in [3.8, 4) is 0 Å². The van der Waals surface area contributed by atoms with E-state index in [9.17, 15) is 0 Å². The summed E-state index contributed by atoms with van der Waals surface area (Å²) in [7, 11) is 5.92. The predicted octanol–water partition coefficient (Wildman–Crippen LogP) is 1.40. The molecule has 1 aliphatic rings. The van der Waals surface area contributed by atoms with E-state index < -0.39 is 0 Å². The summed E-state index contributed by atoms with van der Waals surface area (Å²) in [5.74, 6) is 2.34. The first-order chi connectivity index (χ1) is 12.5. The predicted molar refractivity (Wildman–Crippen MR) is 106 cm³/mol.